The molecule has 0 unspecified atom stereocenters. The molecule has 3 heteroatoms. The molecule has 0 saturated carbocycles. The summed E-state index contributed by atoms with van der Waals surface area (Å²) in [7, 11) is 1.70. The van der Waals surface area contributed by atoms with Crippen molar-refractivity contribution in [3.8, 4) is 5.75 Å². The third kappa shape index (κ3) is 1.74. The predicted octanol–water partition coefficient (Wildman–Crippen LogP) is 5.06. The highest BCUT2D eigenvalue weighted by molar-refractivity contribution is 8.00. The van der Waals surface area contributed by atoms with Crippen molar-refractivity contribution in [2.75, 3.05) is 12.4 Å². The fourth-order valence-electron chi connectivity index (χ4n) is 2.52. The molecule has 3 aromatic carbocycles. The van der Waals surface area contributed by atoms with E-state index in [-0.39, 0.29) is 0 Å². The maximum atomic E-state index is 5.31. The summed E-state index contributed by atoms with van der Waals surface area (Å²) in [6.45, 7) is 0. The van der Waals surface area contributed by atoms with E-state index in [4.69, 9.17) is 4.74 Å². The SMILES string of the molecule is COc1ccc2c(c1)Sc1c(ccc3ccccc13)N2. The third-order valence-electron chi connectivity index (χ3n) is 3.55. The minimum atomic E-state index is 0.890. The van der Waals surface area contributed by atoms with E-state index in [2.05, 4.69) is 53.8 Å². The molecular weight excluding hydrogens is 266 g/mol. The van der Waals surface area contributed by atoms with Crippen molar-refractivity contribution >= 4 is 33.9 Å². The van der Waals surface area contributed by atoms with Crippen LogP contribution in [0.4, 0.5) is 11.4 Å². The standard InChI is InChI=1S/C17H13NOS/c1-19-12-7-9-14-16(10-12)20-17-13-5-3-2-4-11(13)6-8-15(17)18-14/h2-10,18H,1H3. The maximum absolute atomic E-state index is 5.31. The minimum absolute atomic E-state index is 0.890. The van der Waals surface area contributed by atoms with Crippen LogP contribution in [0.5, 0.6) is 5.75 Å². The van der Waals surface area contributed by atoms with Crippen molar-refractivity contribution in [2.24, 2.45) is 0 Å². The summed E-state index contributed by atoms with van der Waals surface area (Å²) in [5, 5.41) is 6.07. The van der Waals surface area contributed by atoms with Crippen LogP contribution in [0.1, 0.15) is 0 Å². The predicted molar refractivity (Wildman–Crippen MR) is 84.3 cm³/mol. The van der Waals surface area contributed by atoms with E-state index >= 15 is 0 Å². The Hall–Kier alpha value is -2.13. The van der Waals surface area contributed by atoms with Crippen LogP contribution in [-0.2, 0) is 0 Å². The topological polar surface area (TPSA) is 21.3 Å². The Labute approximate surface area is 121 Å². The van der Waals surface area contributed by atoms with Crippen LogP contribution in [-0.4, -0.2) is 7.11 Å². The van der Waals surface area contributed by atoms with Crippen LogP contribution in [0, 0.1) is 0 Å². The van der Waals surface area contributed by atoms with Gasteiger partial charge in [-0.15, -0.1) is 0 Å². The average Bonchev–Trinajstić information content (AvgIpc) is 2.52. The second-order valence-electron chi connectivity index (χ2n) is 4.75. The van der Waals surface area contributed by atoms with Crippen LogP contribution >= 0.6 is 11.8 Å². The van der Waals surface area contributed by atoms with Crippen molar-refractivity contribution < 1.29 is 4.74 Å². The van der Waals surface area contributed by atoms with Gasteiger partial charge in [-0.2, -0.15) is 0 Å². The van der Waals surface area contributed by atoms with E-state index in [1.165, 1.54) is 26.3 Å². The van der Waals surface area contributed by atoms with Gasteiger partial charge in [0.25, 0.3) is 0 Å². The Balaban J connectivity index is 1.90. The van der Waals surface area contributed by atoms with Gasteiger partial charge in [0.15, 0.2) is 0 Å². The highest BCUT2D eigenvalue weighted by Crippen LogP contribution is 2.48. The molecule has 1 heterocycles. The molecule has 0 fully saturated rings. The lowest BCUT2D eigenvalue weighted by Crippen LogP contribution is -2.00. The lowest BCUT2D eigenvalue weighted by Gasteiger charge is -2.22. The van der Waals surface area contributed by atoms with Crippen LogP contribution in [0.3, 0.4) is 0 Å². The van der Waals surface area contributed by atoms with E-state index in [0.29, 0.717) is 0 Å². The van der Waals surface area contributed by atoms with Crippen molar-refractivity contribution in [1.29, 1.82) is 0 Å². The molecule has 1 N–H and O–H groups in total. The summed E-state index contributed by atoms with van der Waals surface area (Å²) in [5.74, 6) is 0.890. The quantitative estimate of drug-likeness (QED) is 0.526. The third-order valence-corrected chi connectivity index (χ3v) is 4.75. The summed E-state index contributed by atoms with van der Waals surface area (Å²) >= 11 is 1.80. The molecule has 0 bridgehead atoms. The summed E-state index contributed by atoms with van der Waals surface area (Å²) in [6, 6.07) is 18.9. The van der Waals surface area contributed by atoms with Gasteiger partial charge in [0.2, 0.25) is 0 Å². The summed E-state index contributed by atoms with van der Waals surface area (Å²) < 4.78 is 5.31. The fourth-order valence-corrected chi connectivity index (χ4v) is 3.67. The highest BCUT2D eigenvalue weighted by Gasteiger charge is 2.18. The van der Waals surface area contributed by atoms with E-state index in [1.807, 2.05) is 6.07 Å². The Morgan fingerprint density at radius 3 is 2.70 bits per heavy atom. The number of methoxy groups -OCH3 is 1. The van der Waals surface area contributed by atoms with Crippen LogP contribution in [0.25, 0.3) is 10.8 Å². The molecule has 0 radical (unpaired) electrons. The normalized spacial score (nSPS) is 12.4. The smallest absolute Gasteiger partial charge is 0.120 e. The number of nitrogens with one attached hydrogen (secondary N) is 1. The average molecular weight is 279 g/mol. The number of benzene rings is 3. The molecule has 0 amide bonds. The number of anilines is 2. The zero-order valence-electron chi connectivity index (χ0n) is 11.0. The van der Waals surface area contributed by atoms with Crippen molar-refractivity contribution in [2.45, 2.75) is 9.79 Å². The monoisotopic (exact) mass is 279 g/mol. The molecule has 0 spiro atoms. The van der Waals surface area contributed by atoms with Gasteiger partial charge in [0, 0.05) is 9.79 Å². The molecule has 0 aromatic heterocycles. The molecule has 4 rings (SSSR count). The van der Waals surface area contributed by atoms with Gasteiger partial charge in [-0.05, 0) is 35.0 Å². The number of hydrogen-bond donors (Lipinski definition) is 1. The highest BCUT2D eigenvalue weighted by atomic mass is 32.2. The van der Waals surface area contributed by atoms with Gasteiger partial charge in [-0.1, -0.05) is 42.1 Å². The molecule has 1 aliphatic rings. The van der Waals surface area contributed by atoms with Crippen molar-refractivity contribution in [1.82, 2.24) is 0 Å². The first-order valence-electron chi connectivity index (χ1n) is 6.50. The lowest BCUT2D eigenvalue weighted by molar-refractivity contribution is 0.414. The van der Waals surface area contributed by atoms with Crippen LogP contribution < -0.4 is 10.1 Å². The summed E-state index contributed by atoms with van der Waals surface area (Å²) in [5.41, 5.74) is 2.31. The molecule has 0 saturated heterocycles. The Morgan fingerprint density at radius 2 is 1.80 bits per heavy atom. The maximum Gasteiger partial charge on any atom is 0.120 e. The second-order valence-corrected chi connectivity index (χ2v) is 5.80. The second kappa shape index (κ2) is 4.46. The van der Waals surface area contributed by atoms with Crippen molar-refractivity contribution in [3.05, 3.63) is 54.6 Å². The molecule has 1 aliphatic heterocycles. The van der Waals surface area contributed by atoms with Gasteiger partial charge in [-0.25, -0.2) is 0 Å². The van der Waals surface area contributed by atoms with Gasteiger partial charge in [-0.3, -0.25) is 0 Å². The zero-order valence-corrected chi connectivity index (χ0v) is 11.8. The Morgan fingerprint density at radius 1 is 0.950 bits per heavy atom. The van der Waals surface area contributed by atoms with E-state index in [0.717, 1.165) is 11.4 Å². The number of ether oxygens (including phenoxy) is 1. The van der Waals surface area contributed by atoms with Gasteiger partial charge in [0.1, 0.15) is 5.75 Å². The molecular formula is C17H13NOS. The molecule has 3 aromatic rings. The van der Waals surface area contributed by atoms with Gasteiger partial charge < -0.3 is 10.1 Å². The molecule has 0 atom stereocenters. The Bertz CT molecular complexity index is 813. The number of hydrogen-bond acceptors (Lipinski definition) is 3. The van der Waals surface area contributed by atoms with Crippen LogP contribution in [0.15, 0.2) is 64.4 Å². The molecule has 0 aliphatic carbocycles. The lowest BCUT2D eigenvalue weighted by atomic mass is 10.1. The number of rotatable bonds is 1. The van der Waals surface area contributed by atoms with E-state index < -0.39 is 0 Å². The fraction of sp³-hybridized carbons (Fsp3) is 0.0588. The summed E-state index contributed by atoms with van der Waals surface area (Å²) in [4.78, 5) is 2.48. The molecule has 2 nitrogen and oxygen atoms in total. The molecule has 98 valence electrons. The minimum Gasteiger partial charge on any atom is -0.497 e. The number of fused-ring (bicyclic) bond motifs is 4. The van der Waals surface area contributed by atoms with E-state index in [1.54, 1.807) is 18.9 Å². The van der Waals surface area contributed by atoms with E-state index in [9.17, 15) is 0 Å². The van der Waals surface area contributed by atoms with Crippen molar-refractivity contribution in [3.63, 3.8) is 0 Å². The van der Waals surface area contributed by atoms with Crippen LogP contribution in [0.2, 0.25) is 0 Å². The molecule has 20 heavy (non-hydrogen) atoms. The first-order chi connectivity index (χ1) is 9.85. The first kappa shape index (κ1) is 11.7. The zero-order chi connectivity index (χ0) is 13.5. The van der Waals surface area contributed by atoms with Gasteiger partial charge in [0.05, 0.1) is 18.5 Å². The largest absolute Gasteiger partial charge is 0.497 e. The first-order valence-corrected chi connectivity index (χ1v) is 7.31. The summed E-state index contributed by atoms with van der Waals surface area (Å²) in [6.07, 6.45) is 0. The van der Waals surface area contributed by atoms with Gasteiger partial charge >= 0.3 is 0 Å². The Kier molecular flexibility index (Phi) is 2.60.